The number of amides is 2. The molecule has 0 aliphatic rings. The Bertz CT molecular complexity index is 867. The zero-order chi connectivity index (χ0) is 26.8. The molecule has 0 heterocycles. The van der Waals surface area contributed by atoms with Crippen LogP contribution < -0.4 is 15.4 Å². The molecule has 2 amide bonds. The molecule has 0 aliphatic carbocycles. The number of hydrogen-bond acceptors (Lipinski definition) is 7. The van der Waals surface area contributed by atoms with E-state index >= 15 is 0 Å². The van der Waals surface area contributed by atoms with Crippen molar-refractivity contribution in [1.29, 1.82) is 5.26 Å². The zero-order valence-electron chi connectivity index (χ0n) is 22.1. The monoisotopic (exact) mass is 503 g/mol. The maximum absolute atomic E-state index is 12.3. The summed E-state index contributed by atoms with van der Waals surface area (Å²) in [7, 11) is 5.87. The number of nitrogens with one attached hydrogen (secondary N) is 2. The van der Waals surface area contributed by atoms with E-state index in [2.05, 4.69) is 22.1 Å². The lowest BCUT2D eigenvalue weighted by molar-refractivity contribution is -0.125. The van der Waals surface area contributed by atoms with E-state index in [0.29, 0.717) is 19.7 Å². The number of ether oxygens (including phenoxy) is 1. The number of hydrogen-bond donors (Lipinski definition) is 2. The number of thioether (sulfide) groups is 1. The number of carbonyl (C=O) groups is 2. The highest BCUT2D eigenvalue weighted by Gasteiger charge is 2.14. The van der Waals surface area contributed by atoms with Gasteiger partial charge in [0.15, 0.2) is 0 Å². The Hall–Kier alpha value is -2.96. The quantitative estimate of drug-likeness (QED) is 0.313. The maximum Gasteiger partial charge on any atom is 0.259 e. The van der Waals surface area contributed by atoms with E-state index < -0.39 is 5.92 Å². The van der Waals surface area contributed by atoms with Crippen LogP contribution >= 0.6 is 11.8 Å². The number of carbonyl (C=O) groups excluding carboxylic acids is 2. The number of benzene rings is 1. The number of rotatable bonds is 13. The first-order valence-corrected chi connectivity index (χ1v) is 12.8. The fraction of sp³-hybridized carbons (Fsp3) is 0.500. The molecular formula is C26H41N5O3S. The molecule has 2 unspecified atom stereocenters. The summed E-state index contributed by atoms with van der Waals surface area (Å²) in [4.78, 5) is 27.6. The lowest BCUT2D eigenvalue weighted by Gasteiger charge is -2.18. The predicted octanol–water partition coefficient (Wildman–Crippen LogP) is 3.60. The van der Waals surface area contributed by atoms with Gasteiger partial charge in [0, 0.05) is 44.5 Å². The molecule has 0 aliphatic heterocycles. The normalized spacial score (nSPS) is 12.4. The number of likely N-dealkylation sites (N-methyl/N-ethyl adjacent to an activating group) is 2. The average Bonchev–Trinajstić information content (AvgIpc) is 2.84. The Kier molecular flexibility index (Phi) is 16.8. The maximum atomic E-state index is 12.3. The fourth-order valence-electron chi connectivity index (χ4n) is 2.50. The van der Waals surface area contributed by atoms with Crippen LogP contribution in [0.4, 0.5) is 5.69 Å². The van der Waals surface area contributed by atoms with Gasteiger partial charge < -0.3 is 25.2 Å². The predicted molar refractivity (Wildman–Crippen MR) is 146 cm³/mol. The van der Waals surface area contributed by atoms with Crippen LogP contribution in [0.5, 0.6) is 5.75 Å². The van der Waals surface area contributed by atoms with Crippen LogP contribution in [0.15, 0.2) is 47.9 Å². The average molecular weight is 504 g/mol. The Labute approximate surface area is 215 Å². The third-order valence-corrected chi connectivity index (χ3v) is 5.45. The van der Waals surface area contributed by atoms with Crippen LogP contribution in [0.1, 0.15) is 20.8 Å². The summed E-state index contributed by atoms with van der Waals surface area (Å²) in [6.07, 6.45) is 5.47. The largest absolute Gasteiger partial charge is 0.492 e. The summed E-state index contributed by atoms with van der Waals surface area (Å²) in [5, 5.41) is 14.2. The highest BCUT2D eigenvalue weighted by atomic mass is 32.2. The smallest absolute Gasteiger partial charge is 0.259 e. The number of nitrogens with zero attached hydrogens (tertiary/aromatic N) is 3. The molecule has 2 atom stereocenters. The standard InChI is InChI=1S/C19H31N3O2S.C7H10N2O/c1-7-22(5)19(23)18(25-6)13-15(2)20-16-9-8-10-17(14-16)24-12-11-21(3)4;1-3-4-9-7(10)6(2)5-8/h8-10,13-15,20H,7,11-12H2,1-6H3;3,6H,1,4H2,2H3,(H,9,10). The molecule has 35 heavy (non-hydrogen) atoms. The van der Waals surface area contributed by atoms with Crippen molar-refractivity contribution in [3.05, 3.63) is 47.9 Å². The van der Waals surface area contributed by atoms with Gasteiger partial charge in [-0.3, -0.25) is 9.59 Å². The lowest BCUT2D eigenvalue weighted by atomic mass is 10.2. The number of nitriles is 1. The minimum Gasteiger partial charge on any atom is -0.492 e. The topological polar surface area (TPSA) is 97.7 Å². The Morgan fingerprint density at radius 2 is 1.97 bits per heavy atom. The first-order valence-electron chi connectivity index (χ1n) is 11.5. The van der Waals surface area contributed by atoms with Gasteiger partial charge in [-0.25, -0.2) is 0 Å². The van der Waals surface area contributed by atoms with E-state index in [0.717, 1.165) is 22.9 Å². The minimum atomic E-state index is -0.569. The van der Waals surface area contributed by atoms with E-state index in [9.17, 15) is 9.59 Å². The lowest BCUT2D eigenvalue weighted by Crippen LogP contribution is -2.28. The summed E-state index contributed by atoms with van der Waals surface area (Å²) in [5.41, 5.74) is 0.975. The van der Waals surface area contributed by atoms with Crippen LogP contribution in [-0.4, -0.2) is 81.3 Å². The molecule has 1 aromatic carbocycles. The third-order valence-electron chi connectivity index (χ3n) is 4.70. The van der Waals surface area contributed by atoms with Crippen molar-refractivity contribution >= 4 is 29.3 Å². The van der Waals surface area contributed by atoms with Gasteiger partial charge in [0.2, 0.25) is 5.91 Å². The molecule has 0 saturated heterocycles. The van der Waals surface area contributed by atoms with Gasteiger partial charge in [-0.1, -0.05) is 12.1 Å². The molecule has 0 fully saturated rings. The van der Waals surface area contributed by atoms with Crippen molar-refractivity contribution < 1.29 is 14.3 Å². The van der Waals surface area contributed by atoms with E-state index in [1.165, 1.54) is 11.8 Å². The van der Waals surface area contributed by atoms with Crippen molar-refractivity contribution in [3.63, 3.8) is 0 Å². The second kappa shape index (κ2) is 18.4. The van der Waals surface area contributed by atoms with Gasteiger partial charge in [-0.2, -0.15) is 5.26 Å². The summed E-state index contributed by atoms with van der Waals surface area (Å²) in [6.45, 7) is 11.6. The Morgan fingerprint density at radius 1 is 1.29 bits per heavy atom. The second-order valence-electron chi connectivity index (χ2n) is 8.05. The van der Waals surface area contributed by atoms with Crippen LogP contribution in [-0.2, 0) is 9.59 Å². The highest BCUT2D eigenvalue weighted by molar-refractivity contribution is 8.03. The fourth-order valence-corrected chi connectivity index (χ4v) is 3.17. The van der Waals surface area contributed by atoms with Gasteiger partial charge in [0.25, 0.3) is 5.91 Å². The van der Waals surface area contributed by atoms with Gasteiger partial charge >= 0.3 is 0 Å². The van der Waals surface area contributed by atoms with E-state index in [4.69, 9.17) is 10.00 Å². The van der Waals surface area contributed by atoms with Crippen molar-refractivity contribution in [2.75, 3.05) is 59.0 Å². The molecule has 1 rings (SSSR count). The van der Waals surface area contributed by atoms with E-state index in [1.54, 1.807) is 17.9 Å². The van der Waals surface area contributed by atoms with E-state index in [-0.39, 0.29) is 17.9 Å². The molecule has 0 spiro atoms. The van der Waals surface area contributed by atoms with Gasteiger partial charge in [-0.05, 0) is 59.3 Å². The van der Waals surface area contributed by atoms with Crippen LogP contribution in [0.2, 0.25) is 0 Å². The zero-order valence-corrected chi connectivity index (χ0v) is 22.9. The summed E-state index contributed by atoms with van der Waals surface area (Å²) < 4.78 is 5.76. The molecule has 0 saturated carbocycles. The minimum absolute atomic E-state index is 0.0358. The van der Waals surface area contributed by atoms with Gasteiger partial charge in [-0.15, -0.1) is 18.3 Å². The van der Waals surface area contributed by atoms with Crippen LogP contribution in [0.3, 0.4) is 0 Å². The molecule has 0 radical (unpaired) electrons. The highest BCUT2D eigenvalue weighted by Crippen LogP contribution is 2.20. The third kappa shape index (κ3) is 14.1. The van der Waals surface area contributed by atoms with Crippen LogP contribution in [0, 0.1) is 17.2 Å². The Morgan fingerprint density at radius 3 is 2.51 bits per heavy atom. The van der Waals surface area contributed by atoms with Gasteiger partial charge in [0.1, 0.15) is 18.3 Å². The van der Waals surface area contributed by atoms with Crippen molar-refractivity contribution in [2.45, 2.75) is 26.8 Å². The molecule has 0 aromatic heterocycles. The van der Waals surface area contributed by atoms with Crippen molar-refractivity contribution in [3.8, 4) is 11.8 Å². The van der Waals surface area contributed by atoms with Crippen LogP contribution in [0.25, 0.3) is 0 Å². The van der Waals surface area contributed by atoms with Crippen molar-refractivity contribution in [1.82, 2.24) is 15.1 Å². The second-order valence-corrected chi connectivity index (χ2v) is 8.90. The summed E-state index contributed by atoms with van der Waals surface area (Å²) in [5.74, 6) is 0.0849. The molecule has 9 heteroatoms. The summed E-state index contributed by atoms with van der Waals surface area (Å²) >= 11 is 1.48. The molecule has 194 valence electrons. The summed E-state index contributed by atoms with van der Waals surface area (Å²) in [6, 6.07) is 9.77. The number of anilines is 1. The molecule has 8 nitrogen and oxygen atoms in total. The molecule has 0 bridgehead atoms. The van der Waals surface area contributed by atoms with E-state index in [1.807, 2.05) is 77.7 Å². The SMILES string of the molecule is C=CCNC(=O)C(C)C#N.CCN(C)C(=O)C(=CC(C)Nc1cccc(OCCN(C)C)c1)SC. The molecule has 1 aromatic rings. The molecular weight excluding hydrogens is 462 g/mol. The Balaban J connectivity index is 0.000000972. The van der Waals surface area contributed by atoms with Crippen molar-refractivity contribution in [2.24, 2.45) is 5.92 Å². The molecule has 2 N–H and O–H groups in total. The first kappa shape index (κ1) is 32.0. The van der Waals surface area contributed by atoms with Gasteiger partial charge in [0.05, 0.1) is 11.0 Å². The first-order chi connectivity index (χ1) is 16.6.